The summed E-state index contributed by atoms with van der Waals surface area (Å²) in [6, 6.07) is 0. The van der Waals surface area contributed by atoms with E-state index in [0.29, 0.717) is 51.9 Å². The maximum Gasteiger partial charge on any atom is 0.419 e. The molecule has 158 valence electrons. The van der Waals surface area contributed by atoms with Crippen LogP contribution in [0.1, 0.15) is 25.7 Å². The molecule has 0 bridgehead atoms. The smallest absolute Gasteiger partial charge is 0.419 e. The van der Waals surface area contributed by atoms with Crippen LogP contribution in [0.2, 0.25) is 0 Å². The van der Waals surface area contributed by atoms with Gasteiger partial charge in [0, 0.05) is 0 Å². The summed E-state index contributed by atoms with van der Waals surface area (Å²) in [5.74, 6) is -5.11. The largest absolute Gasteiger partial charge is 0.458 e. The summed E-state index contributed by atoms with van der Waals surface area (Å²) < 4.78 is 19.2. The first kappa shape index (κ1) is 22.0. The molecule has 0 spiro atoms. The van der Waals surface area contributed by atoms with Crippen molar-refractivity contribution in [1.82, 2.24) is 10.6 Å². The molecule has 0 amide bonds. The minimum absolute atomic E-state index is 0.344. The number of carbonyl (C=O) groups is 4. The van der Waals surface area contributed by atoms with Crippen LogP contribution in [0.25, 0.3) is 0 Å². The first-order valence-electron chi connectivity index (χ1n) is 9.12. The van der Waals surface area contributed by atoms with Gasteiger partial charge in [-0.1, -0.05) is 0 Å². The number of piperidine rings is 2. The number of hydrogen-bond donors (Lipinski definition) is 4. The molecule has 0 aromatic heterocycles. The predicted molar refractivity (Wildman–Crippen MR) is 92.1 cm³/mol. The van der Waals surface area contributed by atoms with Crippen LogP contribution in [0.3, 0.4) is 0 Å². The molecule has 2 aliphatic heterocycles. The lowest BCUT2D eigenvalue weighted by molar-refractivity contribution is -0.185. The summed E-state index contributed by atoms with van der Waals surface area (Å²) in [7, 11) is 0. The van der Waals surface area contributed by atoms with Crippen LogP contribution in [-0.4, -0.2) is 74.7 Å². The normalized spacial score (nSPS) is 20.5. The molecule has 0 saturated carbocycles. The molecule has 2 fully saturated rings. The van der Waals surface area contributed by atoms with Crippen molar-refractivity contribution in [2.75, 3.05) is 26.2 Å². The second-order valence-corrected chi connectivity index (χ2v) is 6.42. The average molecular weight is 402 g/mol. The second kappa shape index (κ2) is 10.9. The summed E-state index contributed by atoms with van der Waals surface area (Å²) in [5, 5.41) is 6.19. The van der Waals surface area contributed by atoms with Gasteiger partial charge >= 0.3 is 23.9 Å². The van der Waals surface area contributed by atoms with Gasteiger partial charge in [0.05, 0.1) is 0 Å². The topological polar surface area (TPSA) is 181 Å². The van der Waals surface area contributed by atoms with Gasteiger partial charge in [0.2, 0.25) is 12.5 Å². The molecule has 12 nitrogen and oxygen atoms in total. The highest BCUT2D eigenvalue weighted by atomic mass is 16.6. The van der Waals surface area contributed by atoms with Crippen molar-refractivity contribution in [2.45, 2.75) is 50.3 Å². The predicted octanol–water partition coefficient (Wildman–Crippen LogP) is -2.77. The lowest BCUT2D eigenvalue weighted by Crippen LogP contribution is -2.45. The zero-order valence-electron chi connectivity index (χ0n) is 15.4. The maximum absolute atomic E-state index is 11.8. The molecule has 2 unspecified atom stereocenters. The lowest BCUT2D eigenvalue weighted by Gasteiger charge is -2.24. The Hall–Kier alpha value is -2.28. The maximum atomic E-state index is 11.8. The van der Waals surface area contributed by atoms with Gasteiger partial charge in [0.1, 0.15) is 12.2 Å². The standard InChI is InChI=1S/C16H26N4O8/c17-11(13(21)25-9-1-5-19-6-2-9)27-15(23)16(24)28-12(18)14(22)26-10-3-7-20-8-4-10/h9-12,19-20H,1-8,17-18H2. The Bertz CT molecular complexity index is 525. The number of rotatable bonds is 6. The van der Waals surface area contributed by atoms with Crippen LogP contribution in [0.5, 0.6) is 0 Å². The molecule has 2 rings (SSSR count). The third-order valence-corrected chi connectivity index (χ3v) is 4.24. The fourth-order valence-corrected chi connectivity index (χ4v) is 2.71. The van der Waals surface area contributed by atoms with Crippen molar-refractivity contribution >= 4 is 23.9 Å². The number of nitrogens with one attached hydrogen (secondary N) is 2. The number of hydrogen-bond acceptors (Lipinski definition) is 12. The van der Waals surface area contributed by atoms with E-state index in [1.807, 2.05) is 0 Å². The Labute approximate surface area is 161 Å². The Balaban J connectivity index is 1.72. The monoisotopic (exact) mass is 402 g/mol. The first-order chi connectivity index (χ1) is 13.4. The van der Waals surface area contributed by atoms with E-state index in [0.717, 1.165) is 0 Å². The van der Waals surface area contributed by atoms with Gasteiger partial charge in [-0.05, 0) is 51.9 Å². The van der Waals surface area contributed by atoms with Crippen LogP contribution in [0.15, 0.2) is 0 Å². The molecule has 0 radical (unpaired) electrons. The average Bonchev–Trinajstić information content (AvgIpc) is 2.69. The molecular weight excluding hydrogens is 376 g/mol. The van der Waals surface area contributed by atoms with Gasteiger partial charge in [-0.2, -0.15) is 0 Å². The van der Waals surface area contributed by atoms with Crippen LogP contribution in [0.4, 0.5) is 0 Å². The van der Waals surface area contributed by atoms with E-state index in [-0.39, 0.29) is 12.2 Å². The molecular formula is C16H26N4O8. The number of nitrogens with two attached hydrogens (primary N) is 2. The van der Waals surface area contributed by atoms with E-state index in [1.165, 1.54) is 0 Å². The van der Waals surface area contributed by atoms with Crippen molar-refractivity contribution in [3.8, 4) is 0 Å². The molecule has 2 heterocycles. The summed E-state index contributed by atoms with van der Waals surface area (Å²) in [5.41, 5.74) is 10.8. The highest BCUT2D eigenvalue weighted by Crippen LogP contribution is 2.10. The molecule has 12 heteroatoms. The summed E-state index contributed by atoms with van der Waals surface area (Å²) in [6.07, 6.45) is -1.89. The Morgan fingerprint density at radius 2 is 1.00 bits per heavy atom. The molecule has 2 atom stereocenters. The third kappa shape index (κ3) is 7.03. The van der Waals surface area contributed by atoms with E-state index in [4.69, 9.17) is 20.9 Å². The summed E-state index contributed by atoms with van der Waals surface area (Å²) >= 11 is 0. The van der Waals surface area contributed by atoms with Crippen molar-refractivity contribution in [2.24, 2.45) is 11.5 Å². The number of carbonyl (C=O) groups excluding carboxylic acids is 4. The quantitative estimate of drug-likeness (QED) is 0.156. The summed E-state index contributed by atoms with van der Waals surface area (Å²) in [6.45, 7) is 2.74. The van der Waals surface area contributed by atoms with Crippen molar-refractivity contribution < 1.29 is 38.1 Å². The van der Waals surface area contributed by atoms with Crippen molar-refractivity contribution in [3.05, 3.63) is 0 Å². The fraction of sp³-hybridized carbons (Fsp3) is 0.750. The van der Waals surface area contributed by atoms with Gasteiger partial charge in [0.15, 0.2) is 0 Å². The Kier molecular flexibility index (Phi) is 8.57. The van der Waals surface area contributed by atoms with Crippen molar-refractivity contribution in [3.63, 3.8) is 0 Å². The van der Waals surface area contributed by atoms with Gasteiger partial charge in [-0.15, -0.1) is 0 Å². The van der Waals surface area contributed by atoms with E-state index in [1.54, 1.807) is 0 Å². The minimum Gasteiger partial charge on any atom is -0.458 e. The number of ether oxygens (including phenoxy) is 4. The van der Waals surface area contributed by atoms with E-state index in [2.05, 4.69) is 20.1 Å². The molecule has 0 aromatic rings. The van der Waals surface area contributed by atoms with E-state index in [9.17, 15) is 19.2 Å². The molecule has 6 N–H and O–H groups in total. The zero-order valence-corrected chi connectivity index (χ0v) is 15.4. The number of esters is 4. The highest BCUT2D eigenvalue weighted by Gasteiger charge is 2.31. The summed E-state index contributed by atoms with van der Waals surface area (Å²) in [4.78, 5) is 47.0. The lowest BCUT2D eigenvalue weighted by atomic mass is 10.1. The van der Waals surface area contributed by atoms with Crippen molar-refractivity contribution in [1.29, 1.82) is 0 Å². The molecule has 2 aliphatic rings. The molecule has 2 saturated heterocycles. The Morgan fingerprint density at radius 1 is 0.679 bits per heavy atom. The second-order valence-electron chi connectivity index (χ2n) is 6.42. The van der Waals surface area contributed by atoms with E-state index < -0.39 is 36.3 Å². The van der Waals surface area contributed by atoms with Gasteiger partial charge in [-0.3, -0.25) is 11.5 Å². The van der Waals surface area contributed by atoms with Crippen LogP contribution in [-0.2, 0) is 38.1 Å². The zero-order chi connectivity index (χ0) is 20.5. The van der Waals surface area contributed by atoms with Crippen LogP contribution in [0, 0.1) is 0 Å². The molecule has 28 heavy (non-hydrogen) atoms. The highest BCUT2D eigenvalue weighted by molar-refractivity contribution is 6.30. The van der Waals surface area contributed by atoms with Crippen LogP contribution < -0.4 is 22.1 Å². The van der Waals surface area contributed by atoms with Crippen LogP contribution >= 0.6 is 0 Å². The van der Waals surface area contributed by atoms with Gasteiger partial charge in [-0.25, -0.2) is 19.2 Å². The Morgan fingerprint density at radius 3 is 1.32 bits per heavy atom. The van der Waals surface area contributed by atoms with Gasteiger partial charge < -0.3 is 29.6 Å². The molecule has 0 aromatic carbocycles. The fourth-order valence-electron chi connectivity index (χ4n) is 2.71. The SMILES string of the molecule is NC(OC(=O)C(=O)OC(N)C(=O)OC1CCNCC1)C(=O)OC1CCNCC1. The minimum atomic E-state index is -1.80. The van der Waals surface area contributed by atoms with E-state index >= 15 is 0 Å². The molecule has 0 aliphatic carbocycles. The van der Waals surface area contributed by atoms with Gasteiger partial charge in [0.25, 0.3) is 0 Å². The third-order valence-electron chi connectivity index (χ3n) is 4.24. The first-order valence-corrected chi connectivity index (χ1v) is 9.12.